The zero-order chi connectivity index (χ0) is 24.7. The maximum atomic E-state index is 12.6. The van der Waals surface area contributed by atoms with Crippen molar-refractivity contribution in [3.8, 4) is 22.4 Å². The van der Waals surface area contributed by atoms with Gasteiger partial charge in [-0.2, -0.15) is 0 Å². The molecule has 0 aliphatic carbocycles. The van der Waals surface area contributed by atoms with Crippen LogP contribution in [0.3, 0.4) is 0 Å². The average Bonchev–Trinajstić information content (AvgIpc) is 3.43. The third kappa shape index (κ3) is 5.73. The summed E-state index contributed by atoms with van der Waals surface area (Å²) in [6, 6.07) is 35.8. The summed E-state index contributed by atoms with van der Waals surface area (Å²) in [7, 11) is 0. The number of benzene rings is 3. The van der Waals surface area contributed by atoms with Crippen LogP contribution in [-0.4, -0.2) is 16.1 Å². The summed E-state index contributed by atoms with van der Waals surface area (Å²) in [6.45, 7) is 1.95. The topological polar surface area (TPSA) is 68.0 Å². The van der Waals surface area contributed by atoms with Crippen LogP contribution in [-0.2, 0) is 5.75 Å². The van der Waals surface area contributed by atoms with Gasteiger partial charge in [0.2, 0.25) is 0 Å². The third-order valence-corrected chi connectivity index (χ3v) is 6.77. The van der Waals surface area contributed by atoms with Crippen molar-refractivity contribution in [1.82, 2.24) is 15.5 Å². The molecule has 0 saturated carbocycles. The Morgan fingerprint density at radius 3 is 2.14 bits per heavy atom. The predicted molar refractivity (Wildman–Crippen MR) is 143 cm³/mol. The molecule has 5 nitrogen and oxygen atoms in total. The SMILES string of the molecule is C[C@@H](NC(=O)c1ccc(CSc2ccc(-c3ccc(-c4ccccc4)cc3)nn2)o1)c1ccccc1. The number of hydrogen-bond acceptors (Lipinski definition) is 5. The first kappa shape index (κ1) is 23.6. The molecule has 0 aliphatic rings. The molecule has 5 rings (SSSR count). The second-order valence-electron chi connectivity index (χ2n) is 8.36. The standard InChI is InChI=1S/C30H25N3O2S/c1-21(22-8-4-2-5-9-22)31-30(34)28-18-16-26(35-28)20-36-29-19-17-27(32-33-29)25-14-12-24(13-15-25)23-10-6-3-7-11-23/h2-19,21H,20H2,1H3,(H,31,34)/t21-/m1/s1. The van der Waals surface area contributed by atoms with Crippen LogP contribution < -0.4 is 5.32 Å². The fraction of sp³-hybridized carbons (Fsp3) is 0.100. The maximum Gasteiger partial charge on any atom is 0.287 e. The van der Waals surface area contributed by atoms with Gasteiger partial charge in [-0.1, -0.05) is 96.7 Å². The van der Waals surface area contributed by atoms with E-state index < -0.39 is 0 Å². The lowest BCUT2D eigenvalue weighted by molar-refractivity contribution is 0.0910. The highest BCUT2D eigenvalue weighted by molar-refractivity contribution is 7.98. The Balaban J connectivity index is 1.16. The molecular formula is C30H25N3O2S. The molecule has 0 aliphatic heterocycles. The highest BCUT2D eigenvalue weighted by atomic mass is 32.2. The van der Waals surface area contributed by atoms with Crippen molar-refractivity contribution in [3.63, 3.8) is 0 Å². The zero-order valence-electron chi connectivity index (χ0n) is 19.8. The summed E-state index contributed by atoms with van der Waals surface area (Å²) >= 11 is 1.51. The van der Waals surface area contributed by atoms with E-state index in [4.69, 9.17) is 4.42 Å². The summed E-state index contributed by atoms with van der Waals surface area (Å²) in [5.41, 5.74) is 5.24. The molecule has 0 unspecified atom stereocenters. The maximum absolute atomic E-state index is 12.6. The molecule has 2 aromatic heterocycles. The van der Waals surface area contributed by atoms with Gasteiger partial charge in [-0.15, -0.1) is 10.2 Å². The van der Waals surface area contributed by atoms with E-state index in [9.17, 15) is 4.79 Å². The summed E-state index contributed by atoms with van der Waals surface area (Å²) in [5, 5.41) is 12.5. The van der Waals surface area contributed by atoms with Crippen LogP contribution in [0.25, 0.3) is 22.4 Å². The van der Waals surface area contributed by atoms with Crippen molar-refractivity contribution in [3.05, 3.63) is 126 Å². The number of carbonyl (C=O) groups is 1. The van der Waals surface area contributed by atoms with Gasteiger partial charge in [-0.25, -0.2) is 0 Å². The molecule has 3 aromatic carbocycles. The quantitative estimate of drug-likeness (QED) is 0.233. The van der Waals surface area contributed by atoms with Crippen LogP contribution in [0, 0.1) is 0 Å². The molecule has 1 atom stereocenters. The van der Waals surface area contributed by atoms with Gasteiger partial charge in [-0.05, 0) is 47.9 Å². The highest BCUT2D eigenvalue weighted by Gasteiger charge is 2.15. The molecule has 1 N–H and O–H groups in total. The van der Waals surface area contributed by atoms with Gasteiger partial charge >= 0.3 is 0 Å². The number of nitrogens with zero attached hydrogens (tertiary/aromatic N) is 2. The number of nitrogens with one attached hydrogen (secondary N) is 1. The normalized spacial score (nSPS) is 11.7. The summed E-state index contributed by atoms with van der Waals surface area (Å²) < 4.78 is 5.76. The molecule has 6 heteroatoms. The van der Waals surface area contributed by atoms with Crippen LogP contribution in [0.1, 0.15) is 34.8 Å². The first-order valence-corrected chi connectivity index (χ1v) is 12.7. The molecule has 0 spiro atoms. The number of hydrogen-bond donors (Lipinski definition) is 1. The minimum Gasteiger partial charge on any atom is -0.455 e. The van der Waals surface area contributed by atoms with Crippen molar-refractivity contribution in [2.45, 2.75) is 23.7 Å². The first-order valence-electron chi connectivity index (χ1n) is 11.7. The Kier molecular flexibility index (Phi) is 7.24. The molecule has 36 heavy (non-hydrogen) atoms. The predicted octanol–water partition coefficient (Wildman–Crippen LogP) is 7.19. The van der Waals surface area contributed by atoms with E-state index in [1.807, 2.05) is 73.7 Å². The monoisotopic (exact) mass is 491 g/mol. The lowest BCUT2D eigenvalue weighted by atomic mass is 10.0. The van der Waals surface area contributed by atoms with E-state index in [1.54, 1.807) is 6.07 Å². The van der Waals surface area contributed by atoms with Gasteiger partial charge < -0.3 is 9.73 Å². The molecule has 0 radical (unpaired) electrons. The van der Waals surface area contributed by atoms with E-state index in [1.165, 1.54) is 22.9 Å². The Bertz CT molecular complexity index is 1420. The van der Waals surface area contributed by atoms with Crippen molar-refractivity contribution in [2.24, 2.45) is 0 Å². The second kappa shape index (κ2) is 11.1. The van der Waals surface area contributed by atoms with E-state index in [0.29, 0.717) is 17.3 Å². The number of rotatable bonds is 8. The molecule has 1 amide bonds. The van der Waals surface area contributed by atoms with Crippen molar-refractivity contribution >= 4 is 17.7 Å². The van der Waals surface area contributed by atoms with Crippen molar-refractivity contribution < 1.29 is 9.21 Å². The minimum absolute atomic E-state index is 0.107. The van der Waals surface area contributed by atoms with E-state index in [-0.39, 0.29) is 11.9 Å². The van der Waals surface area contributed by atoms with Crippen LogP contribution in [0.15, 0.2) is 119 Å². The Morgan fingerprint density at radius 1 is 0.778 bits per heavy atom. The molecule has 2 heterocycles. The number of thioether (sulfide) groups is 1. The number of aromatic nitrogens is 2. The molecule has 0 saturated heterocycles. The Hall–Kier alpha value is -4.16. The van der Waals surface area contributed by atoms with Crippen LogP contribution in [0.4, 0.5) is 0 Å². The van der Waals surface area contributed by atoms with Gasteiger partial charge in [0, 0.05) is 5.56 Å². The van der Waals surface area contributed by atoms with Gasteiger partial charge in [-0.3, -0.25) is 4.79 Å². The van der Waals surface area contributed by atoms with Gasteiger partial charge in [0.15, 0.2) is 5.76 Å². The number of furan rings is 1. The summed E-state index contributed by atoms with van der Waals surface area (Å²) in [6.07, 6.45) is 0. The van der Waals surface area contributed by atoms with E-state index in [0.717, 1.165) is 21.8 Å². The number of carbonyl (C=O) groups excluding carboxylic acids is 1. The first-order chi connectivity index (χ1) is 17.7. The van der Waals surface area contributed by atoms with Crippen molar-refractivity contribution in [1.29, 1.82) is 0 Å². The van der Waals surface area contributed by atoms with E-state index in [2.05, 4.69) is 51.9 Å². The fourth-order valence-corrected chi connectivity index (χ4v) is 4.54. The second-order valence-corrected chi connectivity index (χ2v) is 9.36. The van der Waals surface area contributed by atoms with Crippen LogP contribution in [0.2, 0.25) is 0 Å². The van der Waals surface area contributed by atoms with Crippen LogP contribution in [0.5, 0.6) is 0 Å². The average molecular weight is 492 g/mol. The molecule has 0 fully saturated rings. The molecule has 0 bridgehead atoms. The Labute approximate surface area is 214 Å². The highest BCUT2D eigenvalue weighted by Crippen LogP contribution is 2.26. The van der Waals surface area contributed by atoms with Crippen LogP contribution >= 0.6 is 11.8 Å². The van der Waals surface area contributed by atoms with E-state index >= 15 is 0 Å². The van der Waals surface area contributed by atoms with Gasteiger partial charge in [0.05, 0.1) is 17.5 Å². The van der Waals surface area contributed by atoms with Gasteiger partial charge in [0.1, 0.15) is 10.8 Å². The Morgan fingerprint density at radius 2 is 1.44 bits per heavy atom. The molecular weight excluding hydrogens is 466 g/mol. The lowest BCUT2D eigenvalue weighted by Crippen LogP contribution is -2.26. The lowest BCUT2D eigenvalue weighted by Gasteiger charge is -2.13. The smallest absolute Gasteiger partial charge is 0.287 e. The third-order valence-electron chi connectivity index (χ3n) is 5.82. The fourth-order valence-electron chi connectivity index (χ4n) is 3.83. The number of amides is 1. The summed E-state index contributed by atoms with van der Waals surface area (Å²) in [5.74, 6) is 1.33. The summed E-state index contributed by atoms with van der Waals surface area (Å²) in [4.78, 5) is 12.6. The van der Waals surface area contributed by atoms with Gasteiger partial charge in [0.25, 0.3) is 5.91 Å². The zero-order valence-corrected chi connectivity index (χ0v) is 20.6. The van der Waals surface area contributed by atoms with Crippen molar-refractivity contribution in [2.75, 3.05) is 0 Å². The molecule has 178 valence electrons. The molecule has 5 aromatic rings. The minimum atomic E-state index is -0.231. The largest absolute Gasteiger partial charge is 0.455 e.